The van der Waals surface area contributed by atoms with E-state index in [2.05, 4.69) is 5.32 Å². The maximum atomic E-state index is 10.7. The molecule has 1 saturated heterocycles. The zero-order valence-electron chi connectivity index (χ0n) is 6.63. The molecule has 1 heterocycles. The highest BCUT2D eigenvalue weighted by atomic mass is 16.7. The van der Waals surface area contributed by atoms with E-state index in [-0.39, 0.29) is 12.2 Å². The molecule has 0 atom stereocenters. The third-order valence-electron chi connectivity index (χ3n) is 1.48. The molecule has 0 bridgehead atoms. The van der Waals surface area contributed by atoms with Crippen molar-refractivity contribution < 1.29 is 14.3 Å². The summed E-state index contributed by atoms with van der Waals surface area (Å²) in [4.78, 5) is 10.7. The first-order chi connectivity index (χ1) is 5.33. The summed E-state index contributed by atoms with van der Waals surface area (Å²) in [5, 5.41) is 2.69. The second-order valence-corrected chi connectivity index (χ2v) is 2.33. The Morgan fingerprint density at radius 1 is 1.55 bits per heavy atom. The van der Waals surface area contributed by atoms with E-state index in [1.54, 1.807) is 0 Å². The Balaban J connectivity index is 2.06. The third kappa shape index (κ3) is 2.86. The van der Waals surface area contributed by atoms with Gasteiger partial charge in [0.15, 0.2) is 6.29 Å². The van der Waals surface area contributed by atoms with Crippen molar-refractivity contribution in [3.05, 3.63) is 0 Å². The fourth-order valence-electron chi connectivity index (χ4n) is 0.847. The lowest BCUT2D eigenvalue weighted by Crippen LogP contribution is -2.31. The summed E-state index contributed by atoms with van der Waals surface area (Å²) in [6.45, 7) is 3.54. The first-order valence-electron chi connectivity index (χ1n) is 3.83. The van der Waals surface area contributed by atoms with E-state index in [1.165, 1.54) is 0 Å². The summed E-state index contributed by atoms with van der Waals surface area (Å²) in [7, 11) is 0. The maximum Gasteiger partial charge on any atom is 0.219 e. The maximum absolute atomic E-state index is 10.7. The number of amides is 1. The molecule has 11 heavy (non-hydrogen) atoms. The van der Waals surface area contributed by atoms with Crippen molar-refractivity contribution in [1.29, 1.82) is 0 Å². The molecule has 0 spiro atoms. The Hall–Kier alpha value is -0.610. The van der Waals surface area contributed by atoms with Gasteiger partial charge in [0.1, 0.15) is 0 Å². The quantitative estimate of drug-likeness (QED) is 0.624. The lowest BCUT2D eigenvalue weighted by Gasteiger charge is -2.08. The number of hydrogen-bond donors (Lipinski definition) is 1. The van der Waals surface area contributed by atoms with Crippen molar-refractivity contribution in [2.45, 2.75) is 19.6 Å². The minimum Gasteiger partial charge on any atom is -0.351 e. The van der Waals surface area contributed by atoms with Gasteiger partial charge in [0.25, 0.3) is 0 Å². The van der Waals surface area contributed by atoms with Crippen LogP contribution >= 0.6 is 0 Å². The molecule has 1 amide bonds. The number of carbonyl (C=O) groups excluding carboxylic acids is 1. The zero-order chi connectivity index (χ0) is 8.10. The second-order valence-electron chi connectivity index (χ2n) is 2.33. The van der Waals surface area contributed by atoms with Crippen LogP contribution in [0.5, 0.6) is 0 Å². The third-order valence-corrected chi connectivity index (χ3v) is 1.48. The van der Waals surface area contributed by atoms with Crippen molar-refractivity contribution >= 4 is 5.91 Å². The van der Waals surface area contributed by atoms with Crippen molar-refractivity contribution in [2.24, 2.45) is 0 Å². The molecule has 64 valence electrons. The Kier molecular flexibility index (Phi) is 3.32. The minimum absolute atomic E-state index is 0.0316. The first-order valence-corrected chi connectivity index (χ1v) is 3.83. The molecule has 0 aromatic heterocycles. The van der Waals surface area contributed by atoms with E-state index in [1.807, 2.05) is 6.92 Å². The van der Waals surface area contributed by atoms with Gasteiger partial charge < -0.3 is 14.8 Å². The van der Waals surface area contributed by atoms with Gasteiger partial charge in [-0.2, -0.15) is 0 Å². The molecule has 0 aromatic rings. The number of ether oxygens (including phenoxy) is 2. The molecule has 1 fully saturated rings. The second kappa shape index (κ2) is 4.31. The summed E-state index contributed by atoms with van der Waals surface area (Å²) in [6, 6.07) is 0. The summed E-state index contributed by atoms with van der Waals surface area (Å²) in [5.41, 5.74) is 0. The summed E-state index contributed by atoms with van der Waals surface area (Å²) in [6.07, 6.45) is 0.276. The van der Waals surface area contributed by atoms with E-state index in [9.17, 15) is 4.79 Å². The average Bonchev–Trinajstić information content (AvgIpc) is 2.52. The highest BCUT2D eigenvalue weighted by Crippen LogP contribution is 2.01. The molecule has 0 aliphatic carbocycles. The molecule has 4 heteroatoms. The summed E-state index contributed by atoms with van der Waals surface area (Å²) >= 11 is 0. The minimum atomic E-state index is -0.231. The lowest BCUT2D eigenvalue weighted by atomic mass is 10.4. The van der Waals surface area contributed by atoms with E-state index >= 15 is 0 Å². The van der Waals surface area contributed by atoms with Crippen LogP contribution in [-0.2, 0) is 14.3 Å². The van der Waals surface area contributed by atoms with Crippen LogP contribution in [0.2, 0.25) is 0 Å². The molecule has 0 saturated carbocycles. The molecule has 1 aliphatic heterocycles. The molecule has 1 rings (SSSR count). The summed E-state index contributed by atoms with van der Waals surface area (Å²) in [5.74, 6) is 0.0316. The molecule has 0 unspecified atom stereocenters. The van der Waals surface area contributed by atoms with Crippen LogP contribution < -0.4 is 5.32 Å². The topological polar surface area (TPSA) is 47.6 Å². The highest BCUT2D eigenvalue weighted by Gasteiger charge is 2.15. The van der Waals surface area contributed by atoms with E-state index in [0.717, 1.165) is 0 Å². The summed E-state index contributed by atoms with van der Waals surface area (Å²) < 4.78 is 10.2. The van der Waals surface area contributed by atoms with Gasteiger partial charge in [0.05, 0.1) is 19.8 Å². The molecule has 0 radical (unpaired) electrons. The molecule has 0 aromatic carbocycles. The van der Waals surface area contributed by atoms with Gasteiger partial charge in [-0.15, -0.1) is 0 Å². The fourth-order valence-corrected chi connectivity index (χ4v) is 0.847. The van der Waals surface area contributed by atoms with Gasteiger partial charge >= 0.3 is 0 Å². The average molecular weight is 159 g/mol. The molecular formula is C7H13NO3. The zero-order valence-corrected chi connectivity index (χ0v) is 6.63. The van der Waals surface area contributed by atoms with Gasteiger partial charge in [-0.3, -0.25) is 4.79 Å². The van der Waals surface area contributed by atoms with Crippen molar-refractivity contribution in [3.8, 4) is 0 Å². The van der Waals surface area contributed by atoms with Crippen molar-refractivity contribution in [1.82, 2.24) is 5.32 Å². The van der Waals surface area contributed by atoms with Gasteiger partial charge in [0, 0.05) is 6.42 Å². The fraction of sp³-hybridized carbons (Fsp3) is 0.857. The first kappa shape index (κ1) is 8.49. The normalized spacial score (nSPS) is 18.6. The van der Waals surface area contributed by atoms with Crippen LogP contribution in [0.3, 0.4) is 0 Å². The van der Waals surface area contributed by atoms with E-state index in [0.29, 0.717) is 26.2 Å². The van der Waals surface area contributed by atoms with Crippen molar-refractivity contribution in [2.75, 3.05) is 19.8 Å². The Bertz CT molecular complexity index is 132. The van der Waals surface area contributed by atoms with Crippen LogP contribution in [0.4, 0.5) is 0 Å². The molecular weight excluding hydrogens is 146 g/mol. The van der Waals surface area contributed by atoms with Crippen LogP contribution in [0, 0.1) is 0 Å². The van der Waals surface area contributed by atoms with Crippen LogP contribution in [0.25, 0.3) is 0 Å². The van der Waals surface area contributed by atoms with Crippen LogP contribution in [0.15, 0.2) is 0 Å². The number of rotatable bonds is 3. The Morgan fingerprint density at radius 2 is 2.18 bits per heavy atom. The molecule has 1 aliphatic rings. The lowest BCUT2D eigenvalue weighted by molar-refractivity contribution is -0.123. The smallest absolute Gasteiger partial charge is 0.219 e. The van der Waals surface area contributed by atoms with Crippen LogP contribution in [-0.4, -0.2) is 32.0 Å². The Morgan fingerprint density at radius 3 is 2.73 bits per heavy atom. The SMILES string of the molecule is CCC(=O)NCC1OCCO1. The van der Waals surface area contributed by atoms with Crippen molar-refractivity contribution in [3.63, 3.8) is 0 Å². The number of hydrogen-bond acceptors (Lipinski definition) is 3. The van der Waals surface area contributed by atoms with E-state index in [4.69, 9.17) is 9.47 Å². The highest BCUT2D eigenvalue weighted by molar-refractivity contribution is 5.75. The van der Waals surface area contributed by atoms with Gasteiger partial charge in [0.2, 0.25) is 5.91 Å². The monoisotopic (exact) mass is 159 g/mol. The van der Waals surface area contributed by atoms with Gasteiger partial charge in [-0.1, -0.05) is 6.92 Å². The Labute approximate surface area is 65.9 Å². The predicted molar refractivity (Wildman–Crippen MR) is 39.0 cm³/mol. The standard InChI is InChI=1S/C7H13NO3/c1-2-6(9)8-5-7-10-3-4-11-7/h7H,2-5H2,1H3,(H,8,9). The largest absolute Gasteiger partial charge is 0.351 e. The van der Waals surface area contributed by atoms with E-state index < -0.39 is 0 Å². The molecule has 1 N–H and O–H groups in total. The number of nitrogens with one attached hydrogen (secondary N) is 1. The van der Waals surface area contributed by atoms with Gasteiger partial charge in [-0.25, -0.2) is 0 Å². The number of carbonyl (C=O) groups is 1. The van der Waals surface area contributed by atoms with Crippen LogP contribution in [0.1, 0.15) is 13.3 Å². The predicted octanol–water partition coefficient (Wildman–Crippen LogP) is -0.115. The van der Waals surface area contributed by atoms with Gasteiger partial charge in [-0.05, 0) is 0 Å². The molecule has 4 nitrogen and oxygen atoms in total.